The fourth-order valence-electron chi connectivity index (χ4n) is 8.05. The molecule has 0 aliphatic heterocycles. The molecule has 0 unspecified atom stereocenters. The van der Waals surface area contributed by atoms with Crippen molar-refractivity contribution in [2.75, 3.05) is 0 Å². The molecule has 9 rings (SSSR count). The quantitative estimate of drug-likeness (QED) is 0.213. The molecule has 0 N–H and O–H groups in total. The second-order valence-corrected chi connectivity index (χ2v) is 11.3. The molecule has 170 valence electrons. The van der Waals surface area contributed by atoms with Crippen molar-refractivity contribution in [1.29, 1.82) is 0 Å². The third-order valence-corrected chi connectivity index (χ3v) is 9.46. The van der Waals surface area contributed by atoms with Gasteiger partial charge in [-0.25, -0.2) is 0 Å². The maximum Gasteiger partial charge on any atom is -0.000708 e. The summed E-state index contributed by atoms with van der Waals surface area (Å²) in [6.07, 6.45) is 4.28. The molecule has 0 nitrogen and oxygen atoms in total. The normalized spacial score (nSPS) is 14.5. The van der Waals surface area contributed by atoms with E-state index in [4.69, 9.17) is 0 Å². The Balaban J connectivity index is 1.27. The molecule has 0 spiro atoms. The average molecular weight is 459 g/mol. The Morgan fingerprint density at radius 1 is 0.389 bits per heavy atom. The van der Waals surface area contributed by atoms with Gasteiger partial charge in [-0.3, -0.25) is 0 Å². The fraction of sp³-hybridized carbons (Fsp3) is 0.167. The minimum Gasteiger partial charge on any atom is -0.0619 e. The Labute approximate surface area is 212 Å². The molecule has 0 fully saturated rings. The summed E-state index contributed by atoms with van der Waals surface area (Å²) < 4.78 is 0. The standard InChI is InChI=1S/C36H26/c1-19-13-24-18-31-28(35(24)36-26-10-6-4-7-21(26)15-29(19)36)12-11-27-30(31)17-23-14-20(2)33-25-9-5-3-8-22(25)16-32(33)34(23)27/h3-14H,15-18H2,1-2H3. The highest BCUT2D eigenvalue weighted by molar-refractivity contribution is 5.99. The smallest absolute Gasteiger partial charge is 0.000708 e. The molecule has 4 aliphatic carbocycles. The SMILES string of the molecule is Cc1cc2c(c3c1Cc1ccccc1-3)-c1ccc3c(c1C2)Cc1cc(C)c2c(c1-3)Cc1ccccc1-2. The van der Waals surface area contributed by atoms with Gasteiger partial charge in [-0.2, -0.15) is 0 Å². The number of hydrogen-bond donors (Lipinski definition) is 0. The molecule has 0 amide bonds. The van der Waals surface area contributed by atoms with Crippen molar-refractivity contribution in [2.45, 2.75) is 39.5 Å². The highest BCUT2D eigenvalue weighted by Crippen LogP contribution is 2.55. The van der Waals surface area contributed by atoms with Crippen LogP contribution in [-0.4, -0.2) is 0 Å². The van der Waals surface area contributed by atoms with Crippen molar-refractivity contribution in [2.24, 2.45) is 0 Å². The number of benzene rings is 5. The van der Waals surface area contributed by atoms with Gasteiger partial charge in [0.25, 0.3) is 0 Å². The van der Waals surface area contributed by atoms with Crippen molar-refractivity contribution in [3.8, 4) is 44.5 Å². The number of hydrogen-bond acceptors (Lipinski definition) is 0. The number of fused-ring (bicyclic) bond motifs is 15. The zero-order valence-corrected chi connectivity index (χ0v) is 20.8. The van der Waals surface area contributed by atoms with Gasteiger partial charge in [0.05, 0.1) is 0 Å². The van der Waals surface area contributed by atoms with Crippen LogP contribution >= 0.6 is 0 Å². The van der Waals surface area contributed by atoms with E-state index in [1.54, 1.807) is 16.7 Å². The van der Waals surface area contributed by atoms with Gasteiger partial charge in [-0.05, 0) is 140 Å². The summed E-state index contributed by atoms with van der Waals surface area (Å²) in [5.41, 5.74) is 27.1. The summed E-state index contributed by atoms with van der Waals surface area (Å²) in [5.74, 6) is 0. The lowest BCUT2D eigenvalue weighted by atomic mass is 9.89. The molecule has 0 saturated carbocycles. The van der Waals surface area contributed by atoms with E-state index in [9.17, 15) is 0 Å². The molecule has 5 aromatic carbocycles. The van der Waals surface area contributed by atoms with Crippen LogP contribution in [0.5, 0.6) is 0 Å². The Morgan fingerprint density at radius 2 is 0.917 bits per heavy atom. The van der Waals surface area contributed by atoms with Crippen molar-refractivity contribution in [3.05, 3.63) is 128 Å². The Morgan fingerprint density at radius 3 is 1.64 bits per heavy atom. The van der Waals surface area contributed by atoms with E-state index in [0.717, 1.165) is 25.7 Å². The van der Waals surface area contributed by atoms with E-state index in [1.165, 1.54) is 83.5 Å². The predicted molar refractivity (Wildman–Crippen MR) is 149 cm³/mol. The topological polar surface area (TPSA) is 0 Å². The van der Waals surface area contributed by atoms with Gasteiger partial charge in [0.2, 0.25) is 0 Å². The van der Waals surface area contributed by atoms with Crippen LogP contribution in [0.3, 0.4) is 0 Å². The van der Waals surface area contributed by atoms with Crippen LogP contribution in [0.15, 0.2) is 72.8 Å². The first kappa shape index (κ1) is 19.3. The van der Waals surface area contributed by atoms with Crippen LogP contribution in [0, 0.1) is 13.8 Å². The molecular weight excluding hydrogens is 432 g/mol. The maximum atomic E-state index is 2.49. The molecule has 4 aliphatic rings. The second kappa shape index (κ2) is 6.45. The molecule has 0 heteroatoms. The minimum absolute atomic E-state index is 1.07. The van der Waals surface area contributed by atoms with Crippen LogP contribution in [0.1, 0.15) is 55.6 Å². The highest BCUT2D eigenvalue weighted by atomic mass is 14.4. The summed E-state index contributed by atoms with van der Waals surface area (Å²) in [5, 5.41) is 0. The highest BCUT2D eigenvalue weighted by Gasteiger charge is 2.35. The molecule has 0 atom stereocenters. The molecule has 0 saturated heterocycles. The third-order valence-electron chi connectivity index (χ3n) is 9.46. The van der Waals surface area contributed by atoms with E-state index in [1.807, 2.05) is 0 Å². The molecule has 36 heavy (non-hydrogen) atoms. The largest absolute Gasteiger partial charge is 0.0619 e. The van der Waals surface area contributed by atoms with Gasteiger partial charge in [0, 0.05) is 0 Å². The van der Waals surface area contributed by atoms with Crippen molar-refractivity contribution < 1.29 is 0 Å². The van der Waals surface area contributed by atoms with Crippen LogP contribution in [0.4, 0.5) is 0 Å². The van der Waals surface area contributed by atoms with E-state index in [0.29, 0.717) is 0 Å². The molecule has 0 aromatic heterocycles. The number of rotatable bonds is 0. The third kappa shape index (κ3) is 2.22. The van der Waals surface area contributed by atoms with Crippen LogP contribution in [0.25, 0.3) is 44.5 Å². The first-order chi connectivity index (χ1) is 17.7. The first-order valence-corrected chi connectivity index (χ1v) is 13.3. The van der Waals surface area contributed by atoms with Gasteiger partial charge in [0.15, 0.2) is 0 Å². The zero-order valence-electron chi connectivity index (χ0n) is 20.8. The minimum atomic E-state index is 1.07. The maximum absolute atomic E-state index is 2.49. The lowest BCUT2D eigenvalue weighted by molar-refractivity contribution is 1.15. The Hall–Kier alpha value is -3.90. The molecule has 0 radical (unpaired) electrons. The van der Waals surface area contributed by atoms with Gasteiger partial charge in [0.1, 0.15) is 0 Å². The van der Waals surface area contributed by atoms with E-state index >= 15 is 0 Å². The zero-order chi connectivity index (χ0) is 23.7. The second-order valence-electron chi connectivity index (χ2n) is 11.3. The molecule has 5 aromatic rings. The summed E-state index contributed by atoms with van der Waals surface area (Å²) in [4.78, 5) is 0. The average Bonchev–Trinajstić information content (AvgIpc) is 3.62. The Bertz CT molecular complexity index is 1850. The Kier molecular flexibility index (Phi) is 3.46. The van der Waals surface area contributed by atoms with Gasteiger partial charge >= 0.3 is 0 Å². The van der Waals surface area contributed by atoms with Gasteiger partial charge < -0.3 is 0 Å². The van der Waals surface area contributed by atoms with Crippen molar-refractivity contribution in [3.63, 3.8) is 0 Å². The molecule has 0 heterocycles. The first-order valence-electron chi connectivity index (χ1n) is 13.3. The van der Waals surface area contributed by atoms with E-state index < -0.39 is 0 Å². The number of aryl methyl sites for hydroxylation is 2. The van der Waals surface area contributed by atoms with Crippen molar-refractivity contribution >= 4 is 0 Å². The van der Waals surface area contributed by atoms with Crippen LogP contribution in [-0.2, 0) is 25.7 Å². The van der Waals surface area contributed by atoms with Crippen molar-refractivity contribution in [1.82, 2.24) is 0 Å². The monoisotopic (exact) mass is 458 g/mol. The van der Waals surface area contributed by atoms with Crippen LogP contribution < -0.4 is 0 Å². The summed E-state index contributed by atoms with van der Waals surface area (Å²) in [6, 6.07) is 28.0. The summed E-state index contributed by atoms with van der Waals surface area (Å²) in [7, 11) is 0. The van der Waals surface area contributed by atoms with E-state index in [-0.39, 0.29) is 0 Å². The van der Waals surface area contributed by atoms with Crippen LogP contribution in [0.2, 0.25) is 0 Å². The summed E-state index contributed by atoms with van der Waals surface area (Å²) in [6.45, 7) is 4.63. The molecular formula is C36H26. The lowest BCUT2D eigenvalue weighted by Gasteiger charge is -2.14. The molecule has 0 bridgehead atoms. The summed E-state index contributed by atoms with van der Waals surface area (Å²) >= 11 is 0. The fourth-order valence-corrected chi connectivity index (χ4v) is 8.05. The predicted octanol–water partition coefficient (Wildman–Crippen LogP) is 8.59. The lowest BCUT2D eigenvalue weighted by Crippen LogP contribution is -1.92. The van der Waals surface area contributed by atoms with E-state index in [2.05, 4.69) is 86.6 Å². The van der Waals surface area contributed by atoms with Gasteiger partial charge in [-0.15, -0.1) is 0 Å². The van der Waals surface area contributed by atoms with Gasteiger partial charge in [-0.1, -0.05) is 72.8 Å².